The van der Waals surface area contributed by atoms with E-state index in [2.05, 4.69) is 54.1 Å². The summed E-state index contributed by atoms with van der Waals surface area (Å²) in [7, 11) is 2.20. The lowest BCUT2D eigenvalue weighted by atomic mass is 9.85. The highest BCUT2D eigenvalue weighted by atomic mass is 15.2. The number of nitrogens with two attached hydrogens (primary N) is 1. The van der Waals surface area contributed by atoms with Gasteiger partial charge in [0.2, 0.25) is 0 Å². The monoisotopic (exact) mass is 261 g/mol. The zero-order valence-corrected chi connectivity index (χ0v) is 12.3. The fraction of sp³-hybridized carbons (Fsp3) is 0.625. The van der Waals surface area contributed by atoms with Crippen molar-refractivity contribution in [3.05, 3.63) is 35.9 Å². The molecule has 106 valence electrons. The number of nitrogens with zero attached hydrogens (tertiary/aromatic N) is 2. The van der Waals surface area contributed by atoms with Crippen LogP contribution in [0, 0.1) is 0 Å². The molecule has 1 aromatic rings. The van der Waals surface area contributed by atoms with Gasteiger partial charge in [0, 0.05) is 18.6 Å². The summed E-state index contributed by atoms with van der Waals surface area (Å²) in [6.45, 7) is 7.40. The summed E-state index contributed by atoms with van der Waals surface area (Å²) in [5.74, 6) is 0. The van der Waals surface area contributed by atoms with Gasteiger partial charge in [-0.15, -0.1) is 0 Å². The largest absolute Gasteiger partial charge is 0.329 e. The second kappa shape index (κ2) is 6.51. The van der Waals surface area contributed by atoms with E-state index in [0.29, 0.717) is 0 Å². The molecule has 0 radical (unpaired) electrons. The molecule has 2 N–H and O–H groups in total. The molecule has 0 bridgehead atoms. The topological polar surface area (TPSA) is 32.5 Å². The Morgan fingerprint density at radius 2 is 1.84 bits per heavy atom. The normalized spacial score (nSPS) is 19.8. The first-order valence-electron chi connectivity index (χ1n) is 7.38. The highest BCUT2D eigenvalue weighted by Crippen LogP contribution is 2.29. The van der Waals surface area contributed by atoms with Gasteiger partial charge in [-0.25, -0.2) is 0 Å². The standard InChI is InChI=1S/C16H27N3/c1-3-19(13-15-7-5-4-6-8-15)16(14-17)9-11-18(2)12-10-16/h4-8H,3,9-14,17H2,1-2H3. The molecule has 1 heterocycles. The highest BCUT2D eigenvalue weighted by molar-refractivity contribution is 5.15. The first-order chi connectivity index (χ1) is 9.20. The molecule has 0 amide bonds. The Bertz CT molecular complexity index is 369. The van der Waals surface area contributed by atoms with Crippen molar-refractivity contribution >= 4 is 0 Å². The predicted octanol–water partition coefficient (Wildman–Crippen LogP) is 1.93. The van der Waals surface area contributed by atoms with Crippen molar-refractivity contribution in [3.8, 4) is 0 Å². The van der Waals surface area contributed by atoms with Gasteiger partial charge in [-0.1, -0.05) is 37.3 Å². The summed E-state index contributed by atoms with van der Waals surface area (Å²) in [6, 6.07) is 10.7. The van der Waals surface area contributed by atoms with Crippen molar-refractivity contribution in [2.24, 2.45) is 5.73 Å². The SMILES string of the molecule is CCN(Cc1ccccc1)C1(CN)CCN(C)CC1. The van der Waals surface area contributed by atoms with Gasteiger partial charge in [0.05, 0.1) is 0 Å². The fourth-order valence-corrected chi connectivity index (χ4v) is 3.10. The second-order valence-electron chi connectivity index (χ2n) is 5.73. The van der Waals surface area contributed by atoms with E-state index in [1.165, 1.54) is 18.4 Å². The number of benzene rings is 1. The van der Waals surface area contributed by atoms with E-state index in [0.717, 1.165) is 32.7 Å². The van der Waals surface area contributed by atoms with Gasteiger partial charge >= 0.3 is 0 Å². The molecule has 1 saturated heterocycles. The van der Waals surface area contributed by atoms with Crippen LogP contribution in [-0.2, 0) is 6.54 Å². The predicted molar refractivity (Wildman–Crippen MR) is 81.0 cm³/mol. The molecule has 1 aliphatic heterocycles. The summed E-state index contributed by atoms with van der Waals surface area (Å²) < 4.78 is 0. The van der Waals surface area contributed by atoms with Gasteiger partial charge < -0.3 is 10.6 Å². The Morgan fingerprint density at radius 1 is 1.21 bits per heavy atom. The van der Waals surface area contributed by atoms with Gasteiger partial charge in [0.15, 0.2) is 0 Å². The fourth-order valence-electron chi connectivity index (χ4n) is 3.10. The zero-order chi connectivity index (χ0) is 13.7. The van der Waals surface area contributed by atoms with Crippen LogP contribution in [0.1, 0.15) is 25.3 Å². The molecule has 0 saturated carbocycles. The van der Waals surface area contributed by atoms with Crippen molar-refractivity contribution in [1.29, 1.82) is 0 Å². The summed E-state index contributed by atoms with van der Waals surface area (Å²) in [4.78, 5) is 4.99. The van der Waals surface area contributed by atoms with Gasteiger partial charge in [0.1, 0.15) is 0 Å². The van der Waals surface area contributed by atoms with E-state index < -0.39 is 0 Å². The molecule has 1 fully saturated rings. The Kier molecular flexibility index (Phi) is 4.97. The maximum atomic E-state index is 6.15. The molecule has 0 aromatic heterocycles. The molecule has 3 heteroatoms. The van der Waals surface area contributed by atoms with Gasteiger partial charge in [-0.2, -0.15) is 0 Å². The molecule has 0 spiro atoms. The molecule has 0 unspecified atom stereocenters. The van der Waals surface area contributed by atoms with Gasteiger partial charge in [0.25, 0.3) is 0 Å². The molecule has 19 heavy (non-hydrogen) atoms. The first kappa shape index (κ1) is 14.5. The minimum absolute atomic E-state index is 0.192. The number of likely N-dealkylation sites (N-methyl/N-ethyl adjacent to an activating group) is 1. The molecule has 3 nitrogen and oxygen atoms in total. The lowest BCUT2D eigenvalue weighted by Crippen LogP contribution is -2.58. The average molecular weight is 261 g/mol. The summed E-state index contributed by atoms with van der Waals surface area (Å²) in [6.07, 6.45) is 2.36. The van der Waals surface area contributed by atoms with Crippen LogP contribution in [-0.4, -0.2) is 48.6 Å². The van der Waals surface area contributed by atoms with E-state index >= 15 is 0 Å². The number of rotatable bonds is 5. The Hall–Kier alpha value is -0.900. The lowest BCUT2D eigenvalue weighted by molar-refractivity contribution is 0.0315. The van der Waals surface area contributed by atoms with Crippen molar-refractivity contribution < 1.29 is 0 Å². The average Bonchev–Trinajstić information content (AvgIpc) is 2.47. The number of hydrogen-bond acceptors (Lipinski definition) is 3. The number of likely N-dealkylation sites (tertiary alicyclic amines) is 1. The molecular formula is C16H27N3. The molecule has 1 aromatic carbocycles. The van der Waals surface area contributed by atoms with Crippen LogP contribution in [0.3, 0.4) is 0 Å². The third kappa shape index (κ3) is 3.35. The highest BCUT2D eigenvalue weighted by Gasteiger charge is 2.37. The van der Waals surface area contributed by atoms with E-state index in [-0.39, 0.29) is 5.54 Å². The Balaban J connectivity index is 2.10. The quantitative estimate of drug-likeness (QED) is 0.879. The minimum Gasteiger partial charge on any atom is -0.329 e. The van der Waals surface area contributed by atoms with Crippen molar-refractivity contribution in [3.63, 3.8) is 0 Å². The maximum absolute atomic E-state index is 6.15. The van der Waals surface area contributed by atoms with Crippen molar-refractivity contribution in [2.45, 2.75) is 31.8 Å². The van der Waals surface area contributed by atoms with Crippen LogP contribution in [0.2, 0.25) is 0 Å². The number of hydrogen-bond donors (Lipinski definition) is 1. The number of piperidine rings is 1. The van der Waals surface area contributed by atoms with Crippen LogP contribution < -0.4 is 5.73 Å². The third-order valence-corrected chi connectivity index (χ3v) is 4.57. The summed E-state index contributed by atoms with van der Waals surface area (Å²) >= 11 is 0. The van der Waals surface area contributed by atoms with Gasteiger partial charge in [-0.05, 0) is 45.1 Å². The molecule has 2 rings (SSSR count). The van der Waals surface area contributed by atoms with E-state index in [1.54, 1.807) is 0 Å². The molecular weight excluding hydrogens is 234 g/mol. The van der Waals surface area contributed by atoms with Crippen LogP contribution in [0.5, 0.6) is 0 Å². The minimum atomic E-state index is 0.192. The maximum Gasteiger partial charge on any atom is 0.0359 e. The van der Waals surface area contributed by atoms with Gasteiger partial charge in [-0.3, -0.25) is 4.90 Å². The summed E-state index contributed by atoms with van der Waals surface area (Å²) in [5, 5.41) is 0. The van der Waals surface area contributed by atoms with E-state index in [4.69, 9.17) is 5.73 Å². The van der Waals surface area contributed by atoms with Crippen LogP contribution in [0.15, 0.2) is 30.3 Å². The molecule has 1 aliphatic rings. The molecule has 0 aliphatic carbocycles. The van der Waals surface area contributed by atoms with E-state index in [9.17, 15) is 0 Å². The van der Waals surface area contributed by atoms with Crippen LogP contribution >= 0.6 is 0 Å². The Morgan fingerprint density at radius 3 is 2.37 bits per heavy atom. The third-order valence-electron chi connectivity index (χ3n) is 4.57. The first-order valence-corrected chi connectivity index (χ1v) is 7.38. The Labute approximate surface area is 117 Å². The van der Waals surface area contributed by atoms with E-state index in [1.807, 2.05) is 0 Å². The van der Waals surface area contributed by atoms with Crippen LogP contribution in [0.25, 0.3) is 0 Å². The lowest BCUT2D eigenvalue weighted by Gasteiger charge is -2.47. The second-order valence-corrected chi connectivity index (χ2v) is 5.73. The molecule has 0 atom stereocenters. The zero-order valence-electron chi connectivity index (χ0n) is 12.3. The van der Waals surface area contributed by atoms with Crippen LogP contribution in [0.4, 0.5) is 0 Å². The van der Waals surface area contributed by atoms with Crippen molar-refractivity contribution in [2.75, 3.05) is 33.2 Å². The smallest absolute Gasteiger partial charge is 0.0359 e. The van der Waals surface area contributed by atoms with Crippen molar-refractivity contribution in [1.82, 2.24) is 9.80 Å². The summed E-state index contributed by atoms with van der Waals surface area (Å²) in [5.41, 5.74) is 7.73.